The fourth-order valence-corrected chi connectivity index (χ4v) is 2.16. The number of carbonyl (C=O) groups is 2. The molecule has 0 saturated carbocycles. The van der Waals surface area contributed by atoms with E-state index >= 15 is 0 Å². The SMILES string of the molecule is CN1CC(C(=O)O)N(c2cccc(Cl)c2)CC1=O. The van der Waals surface area contributed by atoms with Crippen LogP contribution in [0.1, 0.15) is 0 Å². The number of piperazine rings is 1. The molecule has 18 heavy (non-hydrogen) atoms. The van der Waals surface area contributed by atoms with Crippen molar-refractivity contribution < 1.29 is 14.7 Å². The highest BCUT2D eigenvalue weighted by Crippen LogP contribution is 2.24. The summed E-state index contributed by atoms with van der Waals surface area (Å²) in [6.45, 7) is 0.217. The van der Waals surface area contributed by atoms with Crippen molar-refractivity contribution in [3.63, 3.8) is 0 Å². The molecule has 0 radical (unpaired) electrons. The van der Waals surface area contributed by atoms with Crippen LogP contribution in [0.2, 0.25) is 5.02 Å². The molecule has 5 nitrogen and oxygen atoms in total. The molecule has 1 aromatic rings. The zero-order chi connectivity index (χ0) is 13.3. The maximum atomic E-state index is 11.7. The molecule has 1 unspecified atom stereocenters. The fraction of sp³-hybridized carbons (Fsp3) is 0.333. The van der Waals surface area contributed by atoms with E-state index in [-0.39, 0.29) is 19.0 Å². The lowest BCUT2D eigenvalue weighted by Gasteiger charge is -2.38. The van der Waals surface area contributed by atoms with Gasteiger partial charge >= 0.3 is 5.97 Å². The smallest absolute Gasteiger partial charge is 0.328 e. The Morgan fingerprint density at radius 3 is 2.83 bits per heavy atom. The molecular formula is C12H13ClN2O3. The largest absolute Gasteiger partial charge is 0.480 e. The minimum Gasteiger partial charge on any atom is -0.480 e. The molecule has 0 bridgehead atoms. The van der Waals surface area contributed by atoms with Gasteiger partial charge in [0.05, 0.1) is 13.1 Å². The molecule has 1 heterocycles. The summed E-state index contributed by atoms with van der Waals surface area (Å²) in [4.78, 5) is 25.9. The number of hydrogen-bond donors (Lipinski definition) is 1. The Morgan fingerprint density at radius 1 is 1.50 bits per heavy atom. The highest BCUT2D eigenvalue weighted by Gasteiger charge is 2.35. The Labute approximate surface area is 110 Å². The third-order valence-electron chi connectivity index (χ3n) is 2.98. The number of amides is 1. The summed E-state index contributed by atoms with van der Waals surface area (Å²) in [6, 6.07) is 6.11. The van der Waals surface area contributed by atoms with E-state index in [9.17, 15) is 14.7 Å². The molecule has 1 aliphatic rings. The number of hydrogen-bond acceptors (Lipinski definition) is 3. The van der Waals surface area contributed by atoms with Gasteiger partial charge < -0.3 is 14.9 Å². The normalized spacial score (nSPS) is 20.1. The van der Waals surface area contributed by atoms with Gasteiger partial charge in [0.25, 0.3) is 0 Å². The van der Waals surface area contributed by atoms with Crippen molar-refractivity contribution in [2.45, 2.75) is 6.04 Å². The minimum absolute atomic E-state index is 0.0494. The van der Waals surface area contributed by atoms with Crippen LogP contribution in [0.4, 0.5) is 5.69 Å². The average Bonchev–Trinajstić information content (AvgIpc) is 2.31. The number of nitrogens with zero attached hydrogens (tertiary/aromatic N) is 2. The number of likely N-dealkylation sites (N-methyl/N-ethyl adjacent to an activating group) is 1. The Bertz CT molecular complexity index is 492. The molecule has 0 aromatic heterocycles. The van der Waals surface area contributed by atoms with Crippen molar-refractivity contribution in [2.24, 2.45) is 0 Å². The molecule has 1 N–H and O–H groups in total. The summed E-state index contributed by atoms with van der Waals surface area (Å²) < 4.78 is 0. The predicted molar refractivity (Wildman–Crippen MR) is 67.9 cm³/mol. The number of carboxylic acid groups (broad SMARTS) is 1. The van der Waals surface area contributed by atoms with Gasteiger partial charge in [-0.05, 0) is 18.2 Å². The fourth-order valence-electron chi connectivity index (χ4n) is 1.97. The highest BCUT2D eigenvalue weighted by molar-refractivity contribution is 6.30. The van der Waals surface area contributed by atoms with Crippen molar-refractivity contribution in [3.8, 4) is 0 Å². The zero-order valence-corrected chi connectivity index (χ0v) is 10.6. The highest BCUT2D eigenvalue weighted by atomic mass is 35.5. The first-order valence-corrected chi connectivity index (χ1v) is 5.86. The van der Waals surface area contributed by atoms with Gasteiger partial charge in [-0.15, -0.1) is 0 Å². The van der Waals surface area contributed by atoms with Crippen LogP contribution in [0.5, 0.6) is 0 Å². The van der Waals surface area contributed by atoms with Crippen LogP contribution in [0.3, 0.4) is 0 Å². The maximum absolute atomic E-state index is 11.7. The van der Waals surface area contributed by atoms with Crippen molar-refractivity contribution in [3.05, 3.63) is 29.3 Å². The third kappa shape index (κ3) is 2.41. The van der Waals surface area contributed by atoms with E-state index in [1.165, 1.54) is 4.90 Å². The first kappa shape index (κ1) is 12.7. The van der Waals surface area contributed by atoms with Crippen LogP contribution in [-0.4, -0.2) is 48.1 Å². The van der Waals surface area contributed by atoms with Gasteiger partial charge in [0.1, 0.15) is 6.04 Å². The van der Waals surface area contributed by atoms with E-state index in [1.807, 2.05) is 0 Å². The van der Waals surface area contributed by atoms with Gasteiger partial charge in [-0.1, -0.05) is 17.7 Å². The van der Waals surface area contributed by atoms with Gasteiger partial charge in [0, 0.05) is 17.8 Å². The first-order chi connectivity index (χ1) is 8.49. The number of anilines is 1. The molecule has 1 aliphatic heterocycles. The van der Waals surface area contributed by atoms with Crippen molar-refractivity contribution in [1.82, 2.24) is 4.90 Å². The van der Waals surface area contributed by atoms with Crippen LogP contribution >= 0.6 is 11.6 Å². The Balaban J connectivity index is 2.33. The molecular weight excluding hydrogens is 256 g/mol. The van der Waals surface area contributed by atoms with Crippen LogP contribution < -0.4 is 4.90 Å². The lowest BCUT2D eigenvalue weighted by Crippen LogP contribution is -2.58. The summed E-state index contributed by atoms with van der Waals surface area (Å²) in [5.41, 5.74) is 0.649. The molecule has 0 spiro atoms. The summed E-state index contributed by atoms with van der Waals surface area (Å²) >= 11 is 5.89. The standard InChI is InChI=1S/C12H13ClN2O3/c1-14-6-10(12(17)18)15(7-11(14)16)9-4-2-3-8(13)5-9/h2-5,10H,6-7H2,1H3,(H,17,18). The molecule has 2 rings (SSSR count). The van der Waals surface area contributed by atoms with Gasteiger partial charge in [-0.3, -0.25) is 4.79 Å². The van der Waals surface area contributed by atoms with Crippen molar-refractivity contribution in [2.75, 3.05) is 25.0 Å². The van der Waals surface area contributed by atoms with E-state index in [2.05, 4.69) is 0 Å². The topological polar surface area (TPSA) is 60.9 Å². The van der Waals surface area contributed by atoms with E-state index in [4.69, 9.17) is 11.6 Å². The summed E-state index contributed by atoms with van der Waals surface area (Å²) in [7, 11) is 1.60. The number of rotatable bonds is 2. The average molecular weight is 269 g/mol. The molecule has 1 saturated heterocycles. The third-order valence-corrected chi connectivity index (χ3v) is 3.21. The molecule has 0 aliphatic carbocycles. The number of aliphatic carboxylic acids is 1. The van der Waals surface area contributed by atoms with Gasteiger partial charge in [0.15, 0.2) is 0 Å². The minimum atomic E-state index is -0.950. The Hall–Kier alpha value is -1.75. The van der Waals surface area contributed by atoms with Crippen molar-refractivity contribution >= 4 is 29.2 Å². The van der Waals surface area contributed by atoms with Crippen LogP contribution in [0.25, 0.3) is 0 Å². The number of benzene rings is 1. The molecule has 1 amide bonds. The summed E-state index contributed by atoms with van der Waals surface area (Å²) in [5.74, 6) is -1.05. The predicted octanol–water partition coefficient (Wildman–Crippen LogP) is 1.07. The van der Waals surface area contributed by atoms with Crippen LogP contribution in [-0.2, 0) is 9.59 Å². The van der Waals surface area contributed by atoms with E-state index < -0.39 is 12.0 Å². The van der Waals surface area contributed by atoms with Crippen molar-refractivity contribution in [1.29, 1.82) is 0 Å². The molecule has 96 valence electrons. The molecule has 1 fully saturated rings. The second-order valence-electron chi connectivity index (χ2n) is 4.24. The number of carbonyl (C=O) groups excluding carboxylic acids is 1. The van der Waals surface area contributed by atoms with E-state index in [1.54, 1.807) is 36.2 Å². The van der Waals surface area contributed by atoms with Crippen LogP contribution in [0.15, 0.2) is 24.3 Å². The summed E-state index contributed by atoms with van der Waals surface area (Å²) in [5, 5.41) is 9.75. The molecule has 1 aromatic carbocycles. The number of carboxylic acids is 1. The van der Waals surface area contributed by atoms with Gasteiger partial charge in [-0.25, -0.2) is 4.79 Å². The molecule has 1 atom stereocenters. The molecule has 6 heteroatoms. The number of halogens is 1. The monoisotopic (exact) mass is 268 g/mol. The second-order valence-corrected chi connectivity index (χ2v) is 4.67. The summed E-state index contributed by atoms with van der Waals surface area (Å²) in [6.07, 6.45) is 0. The lowest BCUT2D eigenvalue weighted by atomic mass is 10.1. The van der Waals surface area contributed by atoms with E-state index in [0.29, 0.717) is 10.7 Å². The first-order valence-electron chi connectivity index (χ1n) is 5.48. The quantitative estimate of drug-likeness (QED) is 0.872. The maximum Gasteiger partial charge on any atom is 0.328 e. The zero-order valence-electron chi connectivity index (χ0n) is 9.84. The lowest BCUT2D eigenvalue weighted by molar-refractivity contribution is -0.141. The Morgan fingerprint density at radius 2 is 2.22 bits per heavy atom. The van der Waals surface area contributed by atoms with Gasteiger partial charge in [0.2, 0.25) is 5.91 Å². The second kappa shape index (κ2) is 4.86. The Kier molecular flexibility index (Phi) is 3.43. The van der Waals surface area contributed by atoms with E-state index in [0.717, 1.165) is 0 Å². The van der Waals surface area contributed by atoms with Crippen LogP contribution in [0, 0.1) is 0 Å². The van der Waals surface area contributed by atoms with Gasteiger partial charge in [-0.2, -0.15) is 0 Å².